The highest BCUT2D eigenvalue weighted by molar-refractivity contribution is 7.18. The zero-order valence-corrected chi connectivity index (χ0v) is 21.3. The first-order valence-corrected chi connectivity index (χ1v) is 12.5. The van der Waals surface area contributed by atoms with Crippen LogP contribution in [0.4, 0.5) is 16.8 Å². The van der Waals surface area contributed by atoms with Gasteiger partial charge in [-0.05, 0) is 63.4 Å². The Morgan fingerprint density at radius 2 is 1.89 bits per heavy atom. The number of nitrogens with one attached hydrogen (secondary N) is 3. The monoisotopic (exact) mass is 493 g/mol. The summed E-state index contributed by atoms with van der Waals surface area (Å²) in [6, 6.07) is 9.77. The van der Waals surface area contributed by atoms with Crippen LogP contribution >= 0.6 is 11.3 Å². The molecule has 1 fully saturated rings. The van der Waals surface area contributed by atoms with Gasteiger partial charge < -0.3 is 20.9 Å². The van der Waals surface area contributed by atoms with Crippen LogP contribution in [0, 0.1) is 12.8 Å². The maximum Gasteiger partial charge on any atom is 0.244 e. The smallest absolute Gasteiger partial charge is 0.244 e. The molecule has 0 aromatic carbocycles. The zero-order valence-electron chi connectivity index (χ0n) is 20.5. The molecule has 1 aliphatic rings. The fraction of sp³-hybridized carbons (Fsp3) is 0.400. The molecule has 1 aliphatic heterocycles. The quantitative estimate of drug-likeness (QED) is 0.462. The van der Waals surface area contributed by atoms with Gasteiger partial charge in [-0.1, -0.05) is 17.4 Å². The summed E-state index contributed by atoms with van der Waals surface area (Å²) in [5.74, 6) is 1.08. The number of likely N-dealkylation sites (N-methyl/N-ethyl adjacent to an activating group) is 1. The number of carbonyl (C=O) groups is 2. The Bertz CT molecular complexity index is 1200. The van der Waals surface area contributed by atoms with E-state index >= 15 is 0 Å². The van der Waals surface area contributed by atoms with Gasteiger partial charge in [0.25, 0.3) is 0 Å². The minimum absolute atomic E-state index is 0.0744. The van der Waals surface area contributed by atoms with Crippen molar-refractivity contribution in [3.05, 3.63) is 48.3 Å². The van der Waals surface area contributed by atoms with E-state index in [0.717, 1.165) is 46.0 Å². The van der Waals surface area contributed by atoms with Crippen molar-refractivity contribution in [1.29, 1.82) is 0 Å². The number of hydrogen-bond acceptors (Lipinski definition) is 8. The van der Waals surface area contributed by atoms with Crippen LogP contribution in [0.2, 0.25) is 0 Å². The molecule has 0 aliphatic carbocycles. The van der Waals surface area contributed by atoms with E-state index in [0.29, 0.717) is 12.8 Å². The minimum atomic E-state index is -0.932. The molecule has 0 spiro atoms. The summed E-state index contributed by atoms with van der Waals surface area (Å²) >= 11 is 1.59. The van der Waals surface area contributed by atoms with E-state index in [9.17, 15) is 9.59 Å². The third kappa shape index (κ3) is 5.94. The molecule has 9 nitrogen and oxygen atoms in total. The topological polar surface area (TPSA) is 112 Å². The minimum Gasteiger partial charge on any atom is -0.357 e. The van der Waals surface area contributed by atoms with Crippen LogP contribution in [0.1, 0.15) is 32.3 Å². The van der Waals surface area contributed by atoms with Gasteiger partial charge in [0.2, 0.25) is 11.8 Å². The highest BCUT2D eigenvalue weighted by Gasteiger charge is 2.33. The molecule has 2 amide bonds. The van der Waals surface area contributed by atoms with Gasteiger partial charge in [-0.25, -0.2) is 15.0 Å². The zero-order chi connectivity index (χ0) is 25.0. The molecule has 3 aromatic rings. The lowest BCUT2D eigenvalue weighted by atomic mass is 9.94. The summed E-state index contributed by atoms with van der Waals surface area (Å²) < 4.78 is 0. The van der Waals surface area contributed by atoms with E-state index in [2.05, 4.69) is 30.8 Å². The standard InChI is InChI=1S/C25H31N7O2S/c1-16-8-11-27-21(14-16)30-20-7-5-6-18(29-20)19-15-28-24(35-19)32-12-9-17(10-13-32)22(33)31-25(2,3)23(34)26-4/h5-8,11,14-15,17H,9-10,12-13H2,1-4H3,(H,26,34)(H,31,33)(H,27,29,30). The number of anilines is 3. The summed E-state index contributed by atoms with van der Waals surface area (Å²) in [7, 11) is 1.57. The van der Waals surface area contributed by atoms with Gasteiger partial charge in [0, 0.05) is 38.4 Å². The second-order valence-corrected chi connectivity index (χ2v) is 10.2. The van der Waals surface area contributed by atoms with Crippen LogP contribution in [0.5, 0.6) is 0 Å². The van der Waals surface area contributed by atoms with Gasteiger partial charge in [-0.2, -0.15) is 0 Å². The average Bonchev–Trinajstić information content (AvgIpc) is 3.34. The molecule has 0 unspecified atom stereocenters. The summed E-state index contributed by atoms with van der Waals surface area (Å²) in [6.45, 7) is 6.92. The number of aromatic nitrogens is 3. The SMILES string of the molecule is CNC(=O)C(C)(C)NC(=O)C1CCN(c2ncc(-c3cccc(Nc4cc(C)ccn4)n3)s2)CC1. The molecule has 35 heavy (non-hydrogen) atoms. The van der Waals surface area contributed by atoms with Crippen LogP contribution in [-0.4, -0.2) is 52.4 Å². The lowest BCUT2D eigenvalue weighted by Gasteiger charge is -2.33. The number of hydrogen-bond donors (Lipinski definition) is 3. The van der Waals surface area contributed by atoms with Gasteiger partial charge in [0.15, 0.2) is 5.13 Å². The number of piperidine rings is 1. The number of aryl methyl sites for hydroxylation is 1. The summed E-state index contributed by atoms with van der Waals surface area (Å²) in [5.41, 5.74) is 1.04. The maximum absolute atomic E-state index is 12.7. The Morgan fingerprint density at radius 1 is 1.11 bits per heavy atom. The Hall–Kier alpha value is -3.53. The highest BCUT2D eigenvalue weighted by atomic mass is 32.1. The van der Waals surface area contributed by atoms with Crippen molar-refractivity contribution in [2.45, 2.75) is 39.2 Å². The van der Waals surface area contributed by atoms with Crippen molar-refractivity contribution in [1.82, 2.24) is 25.6 Å². The van der Waals surface area contributed by atoms with Gasteiger partial charge in [-0.3, -0.25) is 9.59 Å². The predicted molar refractivity (Wildman–Crippen MR) is 139 cm³/mol. The Labute approximate surface area is 209 Å². The van der Waals surface area contributed by atoms with E-state index in [1.54, 1.807) is 38.4 Å². The predicted octanol–water partition coefficient (Wildman–Crippen LogP) is 3.51. The van der Waals surface area contributed by atoms with E-state index < -0.39 is 5.54 Å². The fourth-order valence-corrected chi connectivity index (χ4v) is 4.96. The van der Waals surface area contributed by atoms with Crippen LogP contribution < -0.4 is 20.9 Å². The van der Waals surface area contributed by atoms with Gasteiger partial charge in [0.05, 0.1) is 10.6 Å². The molecule has 10 heteroatoms. The summed E-state index contributed by atoms with van der Waals surface area (Å²) in [4.78, 5) is 41.6. The lowest BCUT2D eigenvalue weighted by Crippen LogP contribution is -2.56. The first-order chi connectivity index (χ1) is 16.7. The molecule has 0 bridgehead atoms. The number of thiazole rings is 1. The van der Waals surface area contributed by atoms with E-state index in [1.165, 1.54) is 0 Å². The van der Waals surface area contributed by atoms with Gasteiger partial charge in [0.1, 0.15) is 17.2 Å². The number of amides is 2. The summed E-state index contributed by atoms with van der Waals surface area (Å²) in [5, 5.41) is 9.65. The van der Waals surface area contributed by atoms with Crippen molar-refractivity contribution in [2.24, 2.45) is 5.92 Å². The van der Waals surface area contributed by atoms with Crippen LogP contribution in [-0.2, 0) is 9.59 Å². The third-order valence-corrected chi connectivity index (χ3v) is 7.11. The Kier molecular flexibility index (Phi) is 7.30. The van der Waals surface area contributed by atoms with Crippen molar-refractivity contribution in [2.75, 3.05) is 30.4 Å². The summed E-state index contributed by atoms with van der Waals surface area (Å²) in [6.07, 6.45) is 5.05. The first-order valence-electron chi connectivity index (χ1n) is 11.7. The van der Waals surface area contributed by atoms with Crippen molar-refractivity contribution in [3.8, 4) is 10.6 Å². The second-order valence-electron chi connectivity index (χ2n) is 9.21. The van der Waals surface area contributed by atoms with Gasteiger partial charge >= 0.3 is 0 Å². The second kappa shape index (κ2) is 10.4. The van der Waals surface area contributed by atoms with E-state index in [-0.39, 0.29) is 17.7 Å². The molecule has 0 atom stereocenters. The van der Waals surface area contributed by atoms with Crippen molar-refractivity contribution < 1.29 is 9.59 Å². The Morgan fingerprint density at radius 3 is 2.60 bits per heavy atom. The molecular formula is C25H31N7O2S. The molecule has 4 rings (SSSR count). The average molecular weight is 494 g/mol. The van der Waals surface area contributed by atoms with Crippen LogP contribution in [0.15, 0.2) is 42.7 Å². The van der Waals surface area contributed by atoms with Crippen LogP contribution in [0.25, 0.3) is 10.6 Å². The van der Waals surface area contributed by atoms with E-state index in [4.69, 9.17) is 4.98 Å². The molecular weight excluding hydrogens is 462 g/mol. The molecule has 184 valence electrons. The fourth-order valence-electron chi connectivity index (χ4n) is 4.02. The maximum atomic E-state index is 12.7. The number of rotatable bonds is 7. The van der Waals surface area contributed by atoms with E-state index in [1.807, 2.05) is 43.5 Å². The van der Waals surface area contributed by atoms with Gasteiger partial charge in [-0.15, -0.1) is 0 Å². The van der Waals surface area contributed by atoms with Crippen molar-refractivity contribution >= 4 is 39.9 Å². The van der Waals surface area contributed by atoms with Crippen molar-refractivity contribution in [3.63, 3.8) is 0 Å². The van der Waals surface area contributed by atoms with Crippen LogP contribution in [0.3, 0.4) is 0 Å². The lowest BCUT2D eigenvalue weighted by molar-refractivity contribution is -0.134. The molecule has 0 saturated carbocycles. The Balaban J connectivity index is 1.37. The third-order valence-electron chi connectivity index (χ3n) is 6.03. The normalized spacial score (nSPS) is 14.5. The highest BCUT2D eigenvalue weighted by Crippen LogP contribution is 2.33. The molecule has 4 heterocycles. The molecule has 0 radical (unpaired) electrons. The largest absolute Gasteiger partial charge is 0.357 e. The molecule has 3 aromatic heterocycles. The number of pyridine rings is 2. The molecule has 1 saturated heterocycles. The first kappa shape index (κ1) is 24.6. The molecule has 3 N–H and O–H groups in total. The number of carbonyl (C=O) groups excluding carboxylic acids is 2. The number of nitrogens with zero attached hydrogens (tertiary/aromatic N) is 4.